The van der Waals surface area contributed by atoms with Gasteiger partial charge in [0.05, 0.1) is 18.6 Å². The predicted octanol–water partition coefficient (Wildman–Crippen LogP) is 4.23. The molecule has 29 heavy (non-hydrogen) atoms. The number of amides is 1. The van der Waals surface area contributed by atoms with Crippen molar-refractivity contribution in [3.63, 3.8) is 0 Å². The van der Waals surface area contributed by atoms with Gasteiger partial charge in [0.1, 0.15) is 5.75 Å². The van der Waals surface area contributed by atoms with Gasteiger partial charge >= 0.3 is 0 Å². The van der Waals surface area contributed by atoms with Crippen LogP contribution in [0.15, 0.2) is 54.5 Å². The Morgan fingerprint density at radius 3 is 2.93 bits per heavy atom. The van der Waals surface area contributed by atoms with Crippen LogP contribution in [0.1, 0.15) is 5.56 Å². The van der Waals surface area contributed by atoms with Gasteiger partial charge in [0.25, 0.3) is 0 Å². The van der Waals surface area contributed by atoms with Crippen molar-refractivity contribution in [1.29, 1.82) is 0 Å². The average Bonchev–Trinajstić information content (AvgIpc) is 3.12. The minimum Gasteiger partial charge on any atom is -0.495 e. The number of benzene rings is 1. The van der Waals surface area contributed by atoms with E-state index in [1.165, 1.54) is 18.9 Å². The number of aryl methyl sites for hydroxylation is 1. The molecule has 0 radical (unpaired) electrons. The van der Waals surface area contributed by atoms with Crippen LogP contribution >= 0.6 is 23.4 Å². The third-order valence-corrected chi connectivity index (χ3v) is 5.41. The van der Waals surface area contributed by atoms with Crippen LogP contribution in [0, 0.1) is 6.92 Å². The second-order valence-electron chi connectivity index (χ2n) is 6.09. The Hall–Kier alpha value is -2.84. The van der Waals surface area contributed by atoms with Gasteiger partial charge < -0.3 is 10.1 Å². The maximum absolute atomic E-state index is 12.5. The SMILES string of the molecule is C=CCn1c(SCC(=O)Nc2cc(C)c(Cl)cc2OC)nnc1-c1cccnc1. The highest BCUT2D eigenvalue weighted by molar-refractivity contribution is 7.99. The van der Waals surface area contributed by atoms with E-state index in [2.05, 4.69) is 27.1 Å². The smallest absolute Gasteiger partial charge is 0.234 e. The number of hydrogen-bond acceptors (Lipinski definition) is 6. The van der Waals surface area contributed by atoms with E-state index < -0.39 is 0 Å². The zero-order valence-electron chi connectivity index (χ0n) is 16.1. The molecule has 2 heterocycles. The summed E-state index contributed by atoms with van der Waals surface area (Å²) in [6.45, 7) is 6.18. The molecular weight excluding hydrogens is 410 g/mol. The fourth-order valence-electron chi connectivity index (χ4n) is 2.64. The number of halogens is 1. The van der Waals surface area contributed by atoms with Crippen molar-refractivity contribution in [3.05, 3.63) is 59.9 Å². The number of nitrogens with one attached hydrogen (secondary N) is 1. The van der Waals surface area contributed by atoms with Gasteiger partial charge in [-0.1, -0.05) is 29.4 Å². The molecule has 1 aromatic carbocycles. The maximum atomic E-state index is 12.5. The molecule has 1 N–H and O–H groups in total. The molecule has 3 aromatic rings. The summed E-state index contributed by atoms with van der Waals surface area (Å²) >= 11 is 7.41. The number of pyridine rings is 1. The van der Waals surface area contributed by atoms with E-state index in [-0.39, 0.29) is 11.7 Å². The molecule has 3 rings (SSSR count). The molecular formula is C20H20ClN5O2S. The van der Waals surface area contributed by atoms with E-state index in [1.54, 1.807) is 30.6 Å². The lowest BCUT2D eigenvalue weighted by atomic mass is 10.2. The largest absolute Gasteiger partial charge is 0.495 e. The summed E-state index contributed by atoms with van der Waals surface area (Å²) in [5.41, 5.74) is 2.27. The van der Waals surface area contributed by atoms with Crippen LogP contribution in [0.3, 0.4) is 0 Å². The Balaban J connectivity index is 1.73. The second kappa shape index (κ2) is 9.58. The molecule has 150 valence electrons. The van der Waals surface area contributed by atoms with Crippen molar-refractivity contribution < 1.29 is 9.53 Å². The molecule has 0 unspecified atom stereocenters. The van der Waals surface area contributed by atoms with Crippen molar-refractivity contribution >= 4 is 35.0 Å². The molecule has 0 spiro atoms. The molecule has 0 fully saturated rings. The first-order valence-corrected chi connectivity index (χ1v) is 10.1. The van der Waals surface area contributed by atoms with Crippen molar-refractivity contribution in [3.8, 4) is 17.1 Å². The summed E-state index contributed by atoms with van der Waals surface area (Å²) in [6, 6.07) is 7.21. The Bertz CT molecular complexity index is 1020. The van der Waals surface area contributed by atoms with Gasteiger partial charge in [-0.25, -0.2) is 0 Å². The monoisotopic (exact) mass is 429 g/mol. The summed E-state index contributed by atoms with van der Waals surface area (Å²) in [6.07, 6.45) is 5.18. The topological polar surface area (TPSA) is 81.9 Å². The highest BCUT2D eigenvalue weighted by Crippen LogP contribution is 2.31. The predicted molar refractivity (Wildman–Crippen MR) is 116 cm³/mol. The van der Waals surface area contributed by atoms with Crippen LogP contribution in [0.4, 0.5) is 5.69 Å². The van der Waals surface area contributed by atoms with Crippen molar-refractivity contribution in [1.82, 2.24) is 19.7 Å². The van der Waals surface area contributed by atoms with Gasteiger partial charge in [-0.15, -0.1) is 16.8 Å². The second-order valence-corrected chi connectivity index (χ2v) is 7.44. The maximum Gasteiger partial charge on any atom is 0.234 e. The molecule has 0 saturated heterocycles. The summed E-state index contributed by atoms with van der Waals surface area (Å²) in [5, 5.41) is 12.5. The first kappa shape index (κ1) is 20.9. The van der Waals surface area contributed by atoms with Gasteiger partial charge in [-0.3, -0.25) is 14.3 Å². The van der Waals surface area contributed by atoms with Crippen LogP contribution in [0.5, 0.6) is 5.75 Å². The van der Waals surface area contributed by atoms with E-state index in [1.807, 2.05) is 23.6 Å². The van der Waals surface area contributed by atoms with Crippen molar-refractivity contribution in [2.75, 3.05) is 18.2 Å². The number of carbonyl (C=O) groups is 1. The quantitative estimate of drug-likeness (QED) is 0.426. The van der Waals surface area contributed by atoms with E-state index in [4.69, 9.17) is 16.3 Å². The van der Waals surface area contributed by atoms with Crippen molar-refractivity contribution in [2.45, 2.75) is 18.6 Å². The fourth-order valence-corrected chi connectivity index (χ4v) is 3.55. The van der Waals surface area contributed by atoms with Crippen LogP contribution in [-0.4, -0.2) is 38.5 Å². The third kappa shape index (κ3) is 4.96. The summed E-state index contributed by atoms with van der Waals surface area (Å²) < 4.78 is 7.20. The van der Waals surface area contributed by atoms with Crippen LogP contribution < -0.4 is 10.1 Å². The Labute approximate surface area is 178 Å². The normalized spacial score (nSPS) is 10.6. The number of anilines is 1. The standard InChI is InChI=1S/C20H20ClN5O2S/c1-4-8-26-19(14-6-5-7-22-11-14)24-25-20(26)29-12-18(27)23-16-9-13(2)15(21)10-17(16)28-3/h4-7,9-11H,1,8,12H2,2-3H3,(H,23,27). The molecule has 0 aliphatic rings. The fraction of sp³-hybridized carbons (Fsp3) is 0.200. The highest BCUT2D eigenvalue weighted by Gasteiger charge is 2.16. The minimum atomic E-state index is -0.189. The summed E-state index contributed by atoms with van der Waals surface area (Å²) in [5.74, 6) is 1.15. The number of hydrogen-bond donors (Lipinski definition) is 1. The zero-order valence-corrected chi connectivity index (χ0v) is 17.6. The molecule has 1 amide bonds. The van der Waals surface area contributed by atoms with E-state index in [9.17, 15) is 4.79 Å². The molecule has 0 aliphatic heterocycles. The number of nitrogens with zero attached hydrogens (tertiary/aromatic N) is 4. The molecule has 0 bridgehead atoms. The van der Waals surface area contributed by atoms with Gasteiger partial charge in [0.15, 0.2) is 11.0 Å². The Morgan fingerprint density at radius 2 is 2.24 bits per heavy atom. The van der Waals surface area contributed by atoms with Gasteiger partial charge in [0, 0.05) is 35.6 Å². The van der Waals surface area contributed by atoms with E-state index >= 15 is 0 Å². The zero-order chi connectivity index (χ0) is 20.8. The van der Waals surface area contributed by atoms with Crippen molar-refractivity contribution in [2.24, 2.45) is 0 Å². The van der Waals surface area contributed by atoms with Gasteiger partial charge in [-0.05, 0) is 30.7 Å². The molecule has 0 atom stereocenters. The van der Waals surface area contributed by atoms with Gasteiger partial charge in [-0.2, -0.15) is 0 Å². The van der Waals surface area contributed by atoms with Crippen LogP contribution in [0.2, 0.25) is 5.02 Å². The summed E-state index contributed by atoms with van der Waals surface area (Å²) in [4.78, 5) is 16.6. The number of aromatic nitrogens is 4. The minimum absolute atomic E-state index is 0.160. The molecule has 0 saturated carbocycles. The molecule has 7 nitrogen and oxygen atoms in total. The lowest BCUT2D eigenvalue weighted by Gasteiger charge is -2.12. The number of carbonyl (C=O) groups excluding carboxylic acids is 1. The Kier molecular flexibility index (Phi) is 6.90. The number of ether oxygens (including phenoxy) is 1. The third-order valence-electron chi connectivity index (χ3n) is 4.04. The molecule has 0 aliphatic carbocycles. The molecule has 9 heteroatoms. The van der Waals surface area contributed by atoms with Crippen LogP contribution in [0.25, 0.3) is 11.4 Å². The highest BCUT2D eigenvalue weighted by atomic mass is 35.5. The van der Waals surface area contributed by atoms with E-state index in [0.29, 0.717) is 34.0 Å². The van der Waals surface area contributed by atoms with Gasteiger partial charge in [0.2, 0.25) is 5.91 Å². The lowest BCUT2D eigenvalue weighted by molar-refractivity contribution is -0.113. The number of rotatable bonds is 8. The number of methoxy groups -OCH3 is 1. The lowest BCUT2D eigenvalue weighted by Crippen LogP contribution is -2.15. The summed E-state index contributed by atoms with van der Waals surface area (Å²) in [7, 11) is 1.53. The van der Waals surface area contributed by atoms with Crippen LogP contribution in [-0.2, 0) is 11.3 Å². The first-order valence-electron chi connectivity index (χ1n) is 8.74. The number of allylic oxidation sites excluding steroid dienone is 1. The average molecular weight is 430 g/mol. The van der Waals surface area contributed by atoms with E-state index in [0.717, 1.165) is 11.1 Å². The number of thioether (sulfide) groups is 1. The molecule has 2 aromatic heterocycles. The Morgan fingerprint density at radius 1 is 1.41 bits per heavy atom. The first-order chi connectivity index (χ1) is 14.0.